The highest BCUT2D eigenvalue weighted by atomic mass is 35.5. The largest absolute Gasteiger partial charge is 0.479 e. The van der Waals surface area contributed by atoms with E-state index < -0.39 is 18.2 Å². The average molecular weight is 298 g/mol. The SMILES string of the molecule is C[C@H](NC(=O)[C@@H]1CC[C@H](C(=O)O)O1)c1ccc(Cl)cc1. The smallest absolute Gasteiger partial charge is 0.332 e. The normalized spacial score (nSPS) is 23.3. The molecule has 20 heavy (non-hydrogen) atoms. The fraction of sp³-hybridized carbons (Fsp3) is 0.429. The molecule has 0 bridgehead atoms. The molecule has 0 spiro atoms. The van der Waals surface area contributed by atoms with Crippen LogP contribution in [0.3, 0.4) is 0 Å². The number of carbonyl (C=O) groups is 2. The van der Waals surface area contributed by atoms with Crippen LogP contribution < -0.4 is 5.32 Å². The lowest BCUT2D eigenvalue weighted by Crippen LogP contribution is -2.37. The molecule has 0 aromatic heterocycles. The molecule has 1 saturated heterocycles. The highest BCUT2D eigenvalue weighted by molar-refractivity contribution is 6.30. The number of carbonyl (C=O) groups excluding carboxylic acids is 1. The minimum atomic E-state index is -1.02. The molecule has 5 nitrogen and oxygen atoms in total. The van der Waals surface area contributed by atoms with E-state index in [1.165, 1.54) is 0 Å². The minimum Gasteiger partial charge on any atom is -0.479 e. The zero-order chi connectivity index (χ0) is 14.7. The fourth-order valence-electron chi connectivity index (χ4n) is 2.15. The molecular formula is C14H16ClNO4. The molecule has 1 aliphatic heterocycles. The summed E-state index contributed by atoms with van der Waals surface area (Å²) in [5.74, 6) is -1.30. The van der Waals surface area contributed by atoms with E-state index in [9.17, 15) is 9.59 Å². The van der Waals surface area contributed by atoms with Crippen molar-refractivity contribution in [3.05, 3.63) is 34.9 Å². The van der Waals surface area contributed by atoms with Gasteiger partial charge in [0.2, 0.25) is 5.91 Å². The van der Waals surface area contributed by atoms with E-state index in [4.69, 9.17) is 21.4 Å². The molecule has 1 fully saturated rings. The van der Waals surface area contributed by atoms with E-state index in [1.54, 1.807) is 12.1 Å². The van der Waals surface area contributed by atoms with Gasteiger partial charge in [-0.3, -0.25) is 4.79 Å². The first-order valence-electron chi connectivity index (χ1n) is 6.41. The zero-order valence-electron chi connectivity index (χ0n) is 11.0. The molecule has 6 heteroatoms. The van der Waals surface area contributed by atoms with Crippen LogP contribution in [-0.4, -0.2) is 29.2 Å². The van der Waals surface area contributed by atoms with Crippen molar-refractivity contribution >= 4 is 23.5 Å². The molecule has 1 aromatic rings. The predicted octanol–water partition coefficient (Wildman–Crippen LogP) is 2.15. The first-order valence-corrected chi connectivity index (χ1v) is 6.79. The van der Waals surface area contributed by atoms with Gasteiger partial charge >= 0.3 is 5.97 Å². The second kappa shape index (κ2) is 6.24. The predicted molar refractivity (Wildman–Crippen MR) is 73.5 cm³/mol. The van der Waals surface area contributed by atoms with Gasteiger partial charge < -0.3 is 15.2 Å². The van der Waals surface area contributed by atoms with E-state index in [0.29, 0.717) is 17.9 Å². The van der Waals surface area contributed by atoms with Crippen molar-refractivity contribution in [2.24, 2.45) is 0 Å². The van der Waals surface area contributed by atoms with E-state index in [1.807, 2.05) is 19.1 Å². The minimum absolute atomic E-state index is 0.188. The third kappa shape index (κ3) is 3.49. The third-order valence-corrected chi connectivity index (χ3v) is 3.57. The highest BCUT2D eigenvalue weighted by Crippen LogP contribution is 2.22. The van der Waals surface area contributed by atoms with Gasteiger partial charge in [-0.05, 0) is 37.5 Å². The Kier molecular flexibility index (Phi) is 4.62. The molecule has 0 aliphatic carbocycles. The first kappa shape index (κ1) is 14.8. The Hall–Kier alpha value is -1.59. The monoisotopic (exact) mass is 297 g/mol. The number of nitrogens with one attached hydrogen (secondary N) is 1. The summed E-state index contributed by atoms with van der Waals surface area (Å²) >= 11 is 5.81. The van der Waals surface area contributed by atoms with Gasteiger partial charge in [-0.25, -0.2) is 4.79 Å². The molecule has 1 aromatic carbocycles. The van der Waals surface area contributed by atoms with Crippen LogP contribution in [0.25, 0.3) is 0 Å². The van der Waals surface area contributed by atoms with Crippen molar-refractivity contribution < 1.29 is 19.4 Å². The summed E-state index contributed by atoms with van der Waals surface area (Å²) < 4.78 is 5.21. The Morgan fingerprint density at radius 1 is 1.30 bits per heavy atom. The number of carboxylic acid groups (broad SMARTS) is 1. The number of aliphatic carboxylic acids is 1. The lowest BCUT2D eigenvalue weighted by molar-refractivity contribution is -0.151. The van der Waals surface area contributed by atoms with Crippen LogP contribution in [0.15, 0.2) is 24.3 Å². The number of hydrogen-bond donors (Lipinski definition) is 2. The summed E-state index contributed by atoms with van der Waals surface area (Å²) in [6, 6.07) is 7.00. The fourth-order valence-corrected chi connectivity index (χ4v) is 2.28. The van der Waals surface area contributed by atoms with Crippen LogP contribution in [0.5, 0.6) is 0 Å². The molecule has 3 atom stereocenters. The van der Waals surface area contributed by atoms with Gasteiger partial charge in [-0.1, -0.05) is 23.7 Å². The van der Waals surface area contributed by atoms with Crippen LogP contribution in [-0.2, 0) is 14.3 Å². The van der Waals surface area contributed by atoms with Crippen molar-refractivity contribution in [3.63, 3.8) is 0 Å². The summed E-state index contributed by atoms with van der Waals surface area (Å²) in [6.07, 6.45) is -0.777. The maximum atomic E-state index is 12.0. The number of halogens is 1. The van der Waals surface area contributed by atoms with Crippen molar-refractivity contribution in [1.82, 2.24) is 5.32 Å². The van der Waals surface area contributed by atoms with Crippen molar-refractivity contribution in [1.29, 1.82) is 0 Å². The number of ether oxygens (including phenoxy) is 1. The molecule has 2 N–H and O–H groups in total. The van der Waals surface area contributed by atoms with Gasteiger partial charge in [-0.2, -0.15) is 0 Å². The Bertz CT molecular complexity index is 502. The summed E-state index contributed by atoms with van der Waals surface area (Å²) in [5.41, 5.74) is 0.926. The zero-order valence-corrected chi connectivity index (χ0v) is 11.8. The summed E-state index contributed by atoms with van der Waals surface area (Å²) in [5, 5.41) is 12.3. The van der Waals surface area contributed by atoms with E-state index in [0.717, 1.165) is 5.56 Å². The van der Waals surface area contributed by atoms with Crippen molar-refractivity contribution in [2.75, 3.05) is 0 Å². The summed E-state index contributed by atoms with van der Waals surface area (Å²) in [7, 11) is 0. The Morgan fingerprint density at radius 3 is 2.45 bits per heavy atom. The number of benzene rings is 1. The second-order valence-electron chi connectivity index (χ2n) is 4.81. The molecule has 1 heterocycles. The second-order valence-corrected chi connectivity index (χ2v) is 5.25. The molecule has 0 unspecified atom stereocenters. The third-order valence-electron chi connectivity index (χ3n) is 3.32. The highest BCUT2D eigenvalue weighted by Gasteiger charge is 2.35. The number of rotatable bonds is 4. The van der Waals surface area contributed by atoms with Gasteiger partial charge in [0, 0.05) is 5.02 Å². The molecule has 0 radical (unpaired) electrons. The maximum Gasteiger partial charge on any atom is 0.332 e. The van der Waals surface area contributed by atoms with Gasteiger partial charge in [0.1, 0.15) is 6.10 Å². The lowest BCUT2D eigenvalue weighted by Gasteiger charge is -2.17. The Balaban J connectivity index is 1.91. The van der Waals surface area contributed by atoms with Crippen molar-refractivity contribution in [2.45, 2.75) is 38.0 Å². The van der Waals surface area contributed by atoms with Crippen LogP contribution >= 0.6 is 11.6 Å². The number of amides is 1. The Morgan fingerprint density at radius 2 is 1.90 bits per heavy atom. The number of carboxylic acids is 1. The number of hydrogen-bond acceptors (Lipinski definition) is 3. The average Bonchev–Trinajstić information content (AvgIpc) is 2.89. The molecule has 0 saturated carbocycles. The molecule has 1 aliphatic rings. The van der Waals surface area contributed by atoms with E-state index in [-0.39, 0.29) is 11.9 Å². The molecule has 108 valence electrons. The van der Waals surface area contributed by atoms with E-state index in [2.05, 4.69) is 5.32 Å². The van der Waals surface area contributed by atoms with Crippen LogP contribution in [0.2, 0.25) is 5.02 Å². The maximum absolute atomic E-state index is 12.0. The van der Waals surface area contributed by atoms with Gasteiger partial charge in [-0.15, -0.1) is 0 Å². The molecule has 2 rings (SSSR count). The summed E-state index contributed by atoms with van der Waals surface area (Å²) in [6.45, 7) is 1.85. The van der Waals surface area contributed by atoms with Crippen LogP contribution in [0.1, 0.15) is 31.4 Å². The van der Waals surface area contributed by atoms with Gasteiger partial charge in [0.25, 0.3) is 0 Å². The van der Waals surface area contributed by atoms with Crippen LogP contribution in [0, 0.1) is 0 Å². The molecular weight excluding hydrogens is 282 g/mol. The van der Waals surface area contributed by atoms with Crippen LogP contribution in [0.4, 0.5) is 0 Å². The lowest BCUT2D eigenvalue weighted by atomic mass is 10.1. The summed E-state index contributed by atoms with van der Waals surface area (Å²) in [4.78, 5) is 22.8. The topological polar surface area (TPSA) is 75.6 Å². The van der Waals surface area contributed by atoms with Crippen molar-refractivity contribution in [3.8, 4) is 0 Å². The first-order chi connectivity index (χ1) is 9.47. The van der Waals surface area contributed by atoms with Gasteiger partial charge in [0.15, 0.2) is 6.10 Å². The quantitative estimate of drug-likeness (QED) is 0.893. The molecule has 1 amide bonds. The van der Waals surface area contributed by atoms with E-state index >= 15 is 0 Å². The van der Waals surface area contributed by atoms with Gasteiger partial charge in [0.05, 0.1) is 6.04 Å². The standard InChI is InChI=1S/C14H16ClNO4/c1-8(9-2-4-10(15)5-3-9)16-13(17)11-6-7-12(20-11)14(18)19/h2-5,8,11-12H,6-7H2,1H3,(H,16,17)(H,18,19)/t8-,11-,12+/m0/s1. The Labute approximate surface area is 121 Å².